The van der Waals surface area contributed by atoms with Crippen molar-refractivity contribution in [2.75, 3.05) is 27.2 Å². The van der Waals surface area contributed by atoms with E-state index in [4.69, 9.17) is 0 Å². The first kappa shape index (κ1) is 15.3. The molecule has 1 aromatic heterocycles. The lowest BCUT2D eigenvalue weighted by molar-refractivity contribution is 0.0796. The van der Waals surface area contributed by atoms with Crippen molar-refractivity contribution in [1.82, 2.24) is 14.8 Å². The van der Waals surface area contributed by atoms with E-state index < -0.39 is 0 Å². The molecule has 0 fully saturated rings. The SMILES string of the molecule is CNCCN(C)C(=O)c1cc(C)n(-c2ccccc2)c1C. The molecular formula is C17H23N3O. The molecule has 1 amide bonds. The lowest BCUT2D eigenvalue weighted by atomic mass is 10.2. The van der Waals surface area contributed by atoms with Crippen LogP contribution in [0.15, 0.2) is 36.4 Å². The summed E-state index contributed by atoms with van der Waals surface area (Å²) in [4.78, 5) is 14.3. The number of hydrogen-bond donors (Lipinski definition) is 1. The Kier molecular flexibility index (Phi) is 4.81. The highest BCUT2D eigenvalue weighted by molar-refractivity contribution is 5.95. The second-order valence-corrected chi connectivity index (χ2v) is 5.29. The highest BCUT2D eigenvalue weighted by atomic mass is 16.2. The quantitative estimate of drug-likeness (QED) is 0.916. The van der Waals surface area contributed by atoms with Gasteiger partial charge in [-0.05, 0) is 39.1 Å². The minimum Gasteiger partial charge on any atom is -0.340 e. The summed E-state index contributed by atoms with van der Waals surface area (Å²) in [5.74, 6) is 0.0699. The molecule has 4 heteroatoms. The zero-order valence-corrected chi connectivity index (χ0v) is 13.2. The molecular weight excluding hydrogens is 262 g/mol. The molecule has 1 N–H and O–H groups in total. The van der Waals surface area contributed by atoms with Gasteiger partial charge in [-0.25, -0.2) is 0 Å². The van der Waals surface area contributed by atoms with Gasteiger partial charge in [0.2, 0.25) is 0 Å². The predicted molar refractivity (Wildman–Crippen MR) is 86.1 cm³/mol. The maximum absolute atomic E-state index is 12.6. The number of aryl methyl sites for hydroxylation is 1. The monoisotopic (exact) mass is 285 g/mol. The molecule has 0 aliphatic carbocycles. The van der Waals surface area contributed by atoms with Gasteiger partial charge < -0.3 is 14.8 Å². The van der Waals surface area contributed by atoms with Crippen molar-refractivity contribution in [1.29, 1.82) is 0 Å². The standard InChI is InChI=1S/C17H23N3O/c1-13-12-16(17(21)19(4)11-10-18-3)14(2)20(13)15-8-6-5-7-9-15/h5-9,12,18H,10-11H2,1-4H3. The van der Waals surface area contributed by atoms with Gasteiger partial charge in [0.05, 0.1) is 5.56 Å². The molecule has 4 nitrogen and oxygen atoms in total. The van der Waals surface area contributed by atoms with E-state index in [0.717, 1.165) is 29.2 Å². The number of para-hydroxylation sites is 1. The lowest BCUT2D eigenvalue weighted by Crippen LogP contribution is -2.33. The number of rotatable bonds is 5. The van der Waals surface area contributed by atoms with Gasteiger partial charge in [0.15, 0.2) is 0 Å². The number of amides is 1. The predicted octanol–water partition coefficient (Wildman–Crippen LogP) is 2.39. The van der Waals surface area contributed by atoms with Crippen LogP contribution in [-0.4, -0.2) is 42.6 Å². The van der Waals surface area contributed by atoms with Crippen LogP contribution >= 0.6 is 0 Å². The number of carbonyl (C=O) groups excluding carboxylic acids is 1. The molecule has 2 aromatic rings. The number of likely N-dealkylation sites (N-methyl/N-ethyl adjacent to an activating group) is 2. The van der Waals surface area contributed by atoms with Crippen molar-refractivity contribution in [2.24, 2.45) is 0 Å². The highest BCUT2D eigenvalue weighted by Gasteiger charge is 2.19. The largest absolute Gasteiger partial charge is 0.340 e. The van der Waals surface area contributed by atoms with Crippen LogP contribution in [0, 0.1) is 13.8 Å². The molecule has 0 spiro atoms. The van der Waals surface area contributed by atoms with Gasteiger partial charge in [0.1, 0.15) is 0 Å². The van der Waals surface area contributed by atoms with Crippen molar-refractivity contribution in [3.63, 3.8) is 0 Å². The Morgan fingerprint density at radius 2 is 1.90 bits per heavy atom. The summed E-state index contributed by atoms with van der Waals surface area (Å²) in [6.07, 6.45) is 0. The van der Waals surface area contributed by atoms with Gasteiger partial charge in [0, 0.05) is 37.2 Å². The molecule has 0 radical (unpaired) electrons. The van der Waals surface area contributed by atoms with Crippen molar-refractivity contribution in [2.45, 2.75) is 13.8 Å². The Morgan fingerprint density at radius 1 is 1.24 bits per heavy atom. The number of nitrogens with one attached hydrogen (secondary N) is 1. The molecule has 0 atom stereocenters. The molecule has 112 valence electrons. The molecule has 0 saturated carbocycles. The summed E-state index contributed by atoms with van der Waals surface area (Å²) in [6.45, 7) is 5.52. The zero-order valence-electron chi connectivity index (χ0n) is 13.2. The molecule has 0 unspecified atom stereocenters. The average Bonchev–Trinajstić information content (AvgIpc) is 2.79. The fourth-order valence-corrected chi connectivity index (χ4v) is 2.54. The van der Waals surface area contributed by atoms with Gasteiger partial charge in [-0.15, -0.1) is 0 Å². The van der Waals surface area contributed by atoms with Crippen LogP contribution in [0.2, 0.25) is 0 Å². The third kappa shape index (κ3) is 3.16. The maximum Gasteiger partial charge on any atom is 0.255 e. The topological polar surface area (TPSA) is 37.3 Å². The second kappa shape index (κ2) is 6.59. The summed E-state index contributed by atoms with van der Waals surface area (Å²) in [5.41, 5.74) is 3.92. The van der Waals surface area contributed by atoms with Crippen molar-refractivity contribution in [3.05, 3.63) is 53.3 Å². The number of carbonyl (C=O) groups is 1. The van der Waals surface area contributed by atoms with Crippen molar-refractivity contribution < 1.29 is 4.79 Å². The van der Waals surface area contributed by atoms with Gasteiger partial charge in [-0.2, -0.15) is 0 Å². The van der Waals surface area contributed by atoms with Crippen molar-refractivity contribution >= 4 is 5.91 Å². The van der Waals surface area contributed by atoms with E-state index in [0.29, 0.717) is 6.54 Å². The smallest absolute Gasteiger partial charge is 0.255 e. The Bertz CT molecular complexity index is 616. The number of aromatic nitrogens is 1. The first-order valence-electron chi connectivity index (χ1n) is 7.20. The Labute approximate surface area is 126 Å². The summed E-state index contributed by atoms with van der Waals surface area (Å²) < 4.78 is 2.12. The molecule has 1 heterocycles. The first-order valence-corrected chi connectivity index (χ1v) is 7.20. The Balaban J connectivity index is 2.33. The van der Waals surface area contributed by atoms with E-state index in [1.807, 2.05) is 52.2 Å². The summed E-state index contributed by atoms with van der Waals surface area (Å²) in [7, 11) is 3.73. The lowest BCUT2D eigenvalue weighted by Gasteiger charge is -2.17. The molecule has 0 bridgehead atoms. The van der Waals surface area contributed by atoms with Crippen LogP contribution in [-0.2, 0) is 0 Å². The Hall–Kier alpha value is -2.07. The minimum absolute atomic E-state index is 0.0699. The van der Waals surface area contributed by atoms with E-state index in [1.54, 1.807) is 4.90 Å². The van der Waals surface area contributed by atoms with E-state index in [2.05, 4.69) is 22.0 Å². The summed E-state index contributed by atoms with van der Waals surface area (Å²) in [5, 5.41) is 3.06. The van der Waals surface area contributed by atoms with Gasteiger partial charge >= 0.3 is 0 Å². The normalized spacial score (nSPS) is 10.7. The second-order valence-electron chi connectivity index (χ2n) is 5.29. The summed E-state index contributed by atoms with van der Waals surface area (Å²) >= 11 is 0. The number of nitrogens with zero attached hydrogens (tertiary/aromatic N) is 2. The number of benzene rings is 1. The van der Waals surface area contributed by atoms with Crippen LogP contribution in [0.1, 0.15) is 21.7 Å². The molecule has 0 aliphatic heterocycles. The minimum atomic E-state index is 0.0699. The molecule has 0 aliphatic rings. The third-order valence-corrected chi connectivity index (χ3v) is 3.72. The van der Waals surface area contributed by atoms with E-state index in [-0.39, 0.29) is 5.91 Å². The van der Waals surface area contributed by atoms with Gasteiger partial charge in [-0.1, -0.05) is 18.2 Å². The molecule has 21 heavy (non-hydrogen) atoms. The number of hydrogen-bond acceptors (Lipinski definition) is 2. The van der Waals surface area contributed by atoms with E-state index in [1.165, 1.54) is 0 Å². The fourth-order valence-electron chi connectivity index (χ4n) is 2.54. The highest BCUT2D eigenvalue weighted by Crippen LogP contribution is 2.21. The Morgan fingerprint density at radius 3 is 2.52 bits per heavy atom. The zero-order chi connectivity index (χ0) is 15.4. The molecule has 0 saturated heterocycles. The third-order valence-electron chi connectivity index (χ3n) is 3.72. The molecule has 2 rings (SSSR count). The van der Waals surface area contributed by atoms with Crippen LogP contribution in [0.3, 0.4) is 0 Å². The van der Waals surface area contributed by atoms with Crippen LogP contribution in [0.25, 0.3) is 5.69 Å². The average molecular weight is 285 g/mol. The van der Waals surface area contributed by atoms with Crippen LogP contribution < -0.4 is 5.32 Å². The van der Waals surface area contributed by atoms with Crippen LogP contribution in [0.4, 0.5) is 0 Å². The van der Waals surface area contributed by atoms with E-state index >= 15 is 0 Å². The van der Waals surface area contributed by atoms with Crippen molar-refractivity contribution in [3.8, 4) is 5.69 Å². The van der Waals surface area contributed by atoms with Gasteiger partial charge in [-0.3, -0.25) is 4.79 Å². The van der Waals surface area contributed by atoms with E-state index in [9.17, 15) is 4.79 Å². The summed E-state index contributed by atoms with van der Waals surface area (Å²) in [6, 6.07) is 12.1. The fraction of sp³-hybridized carbons (Fsp3) is 0.353. The van der Waals surface area contributed by atoms with Crippen LogP contribution in [0.5, 0.6) is 0 Å². The van der Waals surface area contributed by atoms with Gasteiger partial charge in [0.25, 0.3) is 5.91 Å². The molecule has 1 aromatic carbocycles. The first-order chi connectivity index (χ1) is 10.1. The maximum atomic E-state index is 12.6.